The van der Waals surface area contributed by atoms with Crippen molar-refractivity contribution in [1.29, 1.82) is 0 Å². The number of carbonyl (C=O) groups excluding carboxylic acids is 2. The summed E-state index contributed by atoms with van der Waals surface area (Å²) in [6.45, 7) is 0. The molecule has 0 saturated carbocycles. The average molecular weight is 411 g/mol. The quantitative estimate of drug-likeness (QED) is 0.741. The molecule has 4 nitrogen and oxygen atoms in total. The molecule has 0 aliphatic heterocycles. The van der Waals surface area contributed by atoms with Gasteiger partial charge in [-0.15, -0.1) is 22.7 Å². The molecule has 0 radical (unpaired) electrons. The van der Waals surface area contributed by atoms with E-state index < -0.39 is 5.91 Å². The van der Waals surface area contributed by atoms with E-state index >= 15 is 0 Å². The predicted molar refractivity (Wildman–Crippen MR) is 99.2 cm³/mol. The standard InChI is InChI=1S/C16H15BrN2O2S2/c17-9-7-10(22-8-9)5-6-13(20)19-16-14(15(18)21)11-3-1-2-4-12(11)23-16/h5-8H,1-4H2,(H2,18,21)(H,19,20). The lowest BCUT2D eigenvalue weighted by molar-refractivity contribution is -0.111. The number of hydrogen-bond donors (Lipinski definition) is 2. The van der Waals surface area contributed by atoms with Gasteiger partial charge < -0.3 is 11.1 Å². The van der Waals surface area contributed by atoms with Gasteiger partial charge in [-0.2, -0.15) is 0 Å². The van der Waals surface area contributed by atoms with Crippen LogP contribution < -0.4 is 11.1 Å². The minimum atomic E-state index is -0.467. The maximum atomic E-state index is 12.1. The molecule has 120 valence electrons. The molecule has 0 atom stereocenters. The fourth-order valence-electron chi connectivity index (χ4n) is 2.64. The number of amides is 2. The van der Waals surface area contributed by atoms with Crippen molar-refractivity contribution in [2.24, 2.45) is 5.73 Å². The third kappa shape index (κ3) is 3.73. The first kappa shape index (κ1) is 16.4. The predicted octanol–water partition coefficient (Wildman–Crippen LogP) is 4.20. The number of hydrogen-bond acceptors (Lipinski definition) is 4. The molecule has 0 saturated heterocycles. The van der Waals surface area contributed by atoms with Crippen LogP contribution in [0, 0.1) is 0 Å². The van der Waals surface area contributed by atoms with Crippen molar-refractivity contribution in [3.05, 3.63) is 42.9 Å². The summed E-state index contributed by atoms with van der Waals surface area (Å²) in [7, 11) is 0. The number of carbonyl (C=O) groups is 2. The molecular weight excluding hydrogens is 396 g/mol. The van der Waals surface area contributed by atoms with E-state index in [4.69, 9.17) is 5.73 Å². The van der Waals surface area contributed by atoms with E-state index in [9.17, 15) is 9.59 Å². The molecule has 2 aromatic heterocycles. The van der Waals surface area contributed by atoms with Crippen LogP contribution in [0.4, 0.5) is 5.00 Å². The average Bonchev–Trinajstić information content (AvgIpc) is 3.08. The maximum absolute atomic E-state index is 12.1. The van der Waals surface area contributed by atoms with E-state index in [1.54, 1.807) is 17.4 Å². The Morgan fingerprint density at radius 1 is 1.30 bits per heavy atom. The van der Waals surface area contributed by atoms with Crippen molar-refractivity contribution in [2.75, 3.05) is 5.32 Å². The lowest BCUT2D eigenvalue weighted by Gasteiger charge is -2.11. The normalized spacial score (nSPS) is 14.0. The number of fused-ring (bicyclic) bond motifs is 1. The van der Waals surface area contributed by atoms with Crippen molar-refractivity contribution >= 4 is 61.5 Å². The summed E-state index contributed by atoms with van der Waals surface area (Å²) in [5, 5.41) is 5.34. The molecule has 0 bridgehead atoms. The SMILES string of the molecule is NC(=O)c1c(NC(=O)C=Cc2cc(Br)cs2)sc2c1CCCC2. The zero-order valence-electron chi connectivity index (χ0n) is 12.2. The molecule has 2 aromatic rings. The van der Waals surface area contributed by atoms with Gasteiger partial charge in [0.2, 0.25) is 5.91 Å². The summed E-state index contributed by atoms with van der Waals surface area (Å²) < 4.78 is 0.990. The number of nitrogens with two attached hydrogens (primary N) is 1. The van der Waals surface area contributed by atoms with Crippen LogP contribution in [0.15, 0.2) is 22.0 Å². The van der Waals surface area contributed by atoms with Crippen molar-refractivity contribution < 1.29 is 9.59 Å². The highest BCUT2D eigenvalue weighted by atomic mass is 79.9. The van der Waals surface area contributed by atoms with Gasteiger partial charge in [-0.25, -0.2) is 0 Å². The second-order valence-electron chi connectivity index (χ2n) is 5.27. The second kappa shape index (κ2) is 6.98. The van der Waals surface area contributed by atoms with Crippen molar-refractivity contribution in [2.45, 2.75) is 25.7 Å². The van der Waals surface area contributed by atoms with Gasteiger partial charge in [0.1, 0.15) is 5.00 Å². The second-order valence-corrected chi connectivity index (χ2v) is 8.23. The molecule has 7 heteroatoms. The first-order chi connectivity index (χ1) is 11.0. The van der Waals surface area contributed by atoms with Crippen LogP contribution in [0.25, 0.3) is 6.08 Å². The molecule has 2 amide bonds. The van der Waals surface area contributed by atoms with Gasteiger partial charge in [-0.05, 0) is 59.3 Å². The third-order valence-corrected chi connectivity index (χ3v) is 6.51. The monoisotopic (exact) mass is 410 g/mol. The molecule has 1 aliphatic carbocycles. The van der Waals surface area contributed by atoms with Crippen LogP contribution in [-0.4, -0.2) is 11.8 Å². The molecule has 0 spiro atoms. The smallest absolute Gasteiger partial charge is 0.251 e. The maximum Gasteiger partial charge on any atom is 0.251 e. The number of anilines is 1. The molecular formula is C16H15BrN2O2S2. The lowest BCUT2D eigenvalue weighted by atomic mass is 9.95. The summed E-state index contributed by atoms with van der Waals surface area (Å²) >= 11 is 6.39. The molecule has 3 N–H and O–H groups in total. The Kier molecular flexibility index (Phi) is 4.99. The number of primary amides is 1. The fourth-order valence-corrected chi connectivity index (χ4v) is 5.28. The molecule has 3 rings (SSSR count). The molecule has 0 fully saturated rings. The van der Waals surface area contributed by atoms with Gasteiger partial charge in [-0.1, -0.05) is 0 Å². The molecule has 0 aromatic carbocycles. The minimum Gasteiger partial charge on any atom is -0.365 e. The van der Waals surface area contributed by atoms with E-state index in [2.05, 4.69) is 21.2 Å². The van der Waals surface area contributed by atoms with Gasteiger partial charge in [0.25, 0.3) is 5.91 Å². The topological polar surface area (TPSA) is 72.2 Å². The minimum absolute atomic E-state index is 0.254. The summed E-state index contributed by atoms with van der Waals surface area (Å²) in [4.78, 5) is 26.1. The van der Waals surface area contributed by atoms with Crippen LogP contribution in [0.3, 0.4) is 0 Å². The van der Waals surface area contributed by atoms with Gasteiger partial charge in [0.15, 0.2) is 0 Å². The van der Waals surface area contributed by atoms with E-state index in [0.29, 0.717) is 10.6 Å². The van der Waals surface area contributed by atoms with Gasteiger partial charge in [0, 0.05) is 25.7 Å². The zero-order chi connectivity index (χ0) is 16.4. The molecule has 0 unspecified atom stereocenters. The van der Waals surface area contributed by atoms with Crippen LogP contribution in [0.2, 0.25) is 0 Å². The molecule has 23 heavy (non-hydrogen) atoms. The fraction of sp³-hybridized carbons (Fsp3) is 0.250. The third-order valence-electron chi connectivity index (χ3n) is 3.64. The first-order valence-corrected chi connectivity index (χ1v) is 9.71. The molecule has 2 heterocycles. The van der Waals surface area contributed by atoms with Gasteiger partial charge in [0.05, 0.1) is 5.56 Å². The van der Waals surface area contributed by atoms with E-state index in [0.717, 1.165) is 40.6 Å². The summed E-state index contributed by atoms with van der Waals surface area (Å²) in [6.07, 6.45) is 7.22. The Balaban J connectivity index is 1.79. The van der Waals surface area contributed by atoms with Crippen LogP contribution in [0.5, 0.6) is 0 Å². The largest absolute Gasteiger partial charge is 0.365 e. The summed E-state index contributed by atoms with van der Waals surface area (Å²) in [6, 6.07) is 1.94. The van der Waals surface area contributed by atoms with E-state index in [1.165, 1.54) is 22.3 Å². The Bertz CT molecular complexity index is 792. The lowest BCUT2D eigenvalue weighted by Crippen LogP contribution is -2.17. The highest BCUT2D eigenvalue weighted by Crippen LogP contribution is 2.37. The number of aryl methyl sites for hydroxylation is 1. The Morgan fingerprint density at radius 3 is 2.78 bits per heavy atom. The Labute approximate surface area is 150 Å². The Hall–Kier alpha value is -1.44. The van der Waals surface area contributed by atoms with Crippen LogP contribution in [-0.2, 0) is 17.6 Å². The number of thiophene rings is 2. The number of rotatable bonds is 4. The van der Waals surface area contributed by atoms with Crippen molar-refractivity contribution in [1.82, 2.24) is 0 Å². The van der Waals surface area contributed by atoms with Gasteiger partial charge in [-0.3, -0.25) is 9.59 Å². The van der Waals surface area contributed by atoms with Crippen molar-refractivity contribution in [3.8, 4) is 0 Å². The summed E-state index contributed by atoms with van der Waals surface area (Å²) in [5.74, 6) is -0.721. The number of halogens is 1. The van der Waals surface area contributed by atoms with E-state index in [1.807, 2.05) is 11.4 Å². The van der Waals surface area contributed by atoms with E-state index in [-0.39, 0.29) is 5.91 Å². The van der Waals surface area contributed by atoms with Crippen LogP contribution >= 0.6 is 38.6 Å². The first-order valence-electron chi connectivity index (χ1n) is 7.22. The molecule has 1 aliphatic rings. The highest BCUT2D eigenvalue weighted by Gasteiger charge is 2.24. The zero-order valence-corrected chi connectivity index (χ0v) is 15.4. The summed E-state index contributed by atoms with van der Waals surface area (Å²) in [5.41, 5.74) is 7.04. The van der Waals surface area contributed by atoms with Crippen molar-refractivity contribution in [3.63, 3.8) is 0 Å². The highest BCUT2D eigenvalue weighted by molar-refractivity contribution is 9.10. The Morgan fingerprint density at radius 2 is 2.09 bits per heavy atom. The van der Waals surface area contributed by atoms with Crippen LogP contribution in [0.1, 0.15) is 38.5 Å². The van der Waals surface area contributed by atoms with Gasteiger partial charge >= 0.3 is 0 Å². The number of nitrogens with one attached hydrogen (secondary N) is 1.